The van der Waals surface area contributed by atoms with Crippen LogP contribution < -0.4 is 25.3 Å². The van der Waals surface area contributed by atoms with Gasteiger partial charge in [0.15, 0.2) is 47.1 Å². The number of allylic oxidation sites excluding steroid dienone is 3. The quantitative estimate of drug-likeness (QED) is 0.161. The summed E-state index contributed by atoms with van der Waals surface area (Å²) in [6.45, 7) is 6.50. The molecule has 4 bridgehead atoms. The first-order chi connectivity index (χ1) is 28.4. The molecule has 8 rings (SSSR count). The van der Waals surface area contributed by atoms with Gasteiger partial charge in [0.25, 0.3) is 5.91 Å². The summed E-state index contributed by atoms with van der Waals surface area (Å²) in [6, 6.07) is 3.83. The smallest absolute Gasteiger partial charge is 0.341 e. The van der Waals surface area contributed by atoms with E-state index in [-0.39, 0.29) is 62.4 Å². The lowest BCUT2D eigenvalue weighted by Crippen LogP contribution is -2.68. The molecule has 2 aromatic rings. The zero-order valence-electron chi connectivity index (χ0n) is 33.1. The highest BCUT2D eigenvalue weighted by atomic mass is 35.5. The molecule has 4 aliphatic heterocycles. The number of methoxy groups -OCH3 is 1. The summed E-state index contributed by atoms with van der Waals surface area (Å²) in [5.74, 6) is 8.83. The van der Waals surface area contributed by atoms with E-state index < -0.39 is 84.2 Å². The summed E-state index contributed by atoms with van der Waals surface area (Å²) in [6.07, 6.45) is -1.46. The van der Waals surface area contributed by atoms with Crippen molar-refractivity contribution in [2.45, 2.75) is 74.3 Å². The predicted molar refractivity (Wildman–Crippen MR) is 214 cm³/mol. The molecular weight excluding hydrogens is 802 g/mol. The van der Waals surface area contributed by atoms with E-state index in [1.54, 1.807) is 51.1 Å². The molecule has 4 heterocycles. The van der Waals surface area contributed by atoms with E-state index in [1.807, 2.05) is 0 Å². The molecule has 8 atom stereocenters. The number of aromatic hydroxyl groups is 1. The number of carbonyl (C=O) groups excluding carboxylic acids is 3. The molecular formula is C43H42ClN3O13. The fourth-order valence-electron chi connectivity index (χ4n) is 7.61. The zero-order valence-corrected chi connectivity index (χ0v) is 33.9. The van der Waals surface area contributed by atoms with Gasteiger partial charge >= 0.3 is 11.9 Å². The van der Waals surface area contributed by atoms with Gasteiger partial charge in [0, 0.05) is 23.8 Å². The Labute approximate surface area is 350 Å². The number of rotatable bonds is 6. The minimum Gasteiger partial charge on any atom is -0.504 e. The average molecular weight is 844 g/mol. The van der Waals surface area contributed by atoms with E-state index in [1.165, 1.54) is 37.5 Å². The van der Waals surface area contributed by atoms with Crippen molar-refractivity contribution in [2.75, 3.05) is 33.1 Å². The number of esters is 2. The number of aliphatic hydroxyl groups is 2. The highest BCUT2D eigenvalue weighted by Crippen LogP contribution is 2.44. The van der Waals surface area contributed by atoms with Gasteiger partial charge in [0.2, 0.25) is 0 Å². The Morgan fingerprint density at radius 3 is 2.62 bits per heavy atom. The van der Waals surface area contributed by atoms with Gasteiger partial charge in [-0.15, -0.1) is 0 Å². The topological polar surface area (TPSA) is 218 Å². The number of hydrogen-bond donors (Lipinski definition) is 5. The van der Waals surface area contributed by atoms with Crippen LogP contribution in [-0.4, -0.2) is 114 Å². The number of carbonyl (C=O) groups is 3. The number of fused-ring (bicyclic) bond motifs is 9. The first-order valence-corrected chi connectivity index (χ1v) is 19.0. The Balaban J connectivity index is 1.34. The molecule has 1 amide bonds. The zero-order chi connectivity index (χ0) is 43.3. The maximum Gasteiger partial charge on any atom is 0.341 e. The van der Waals surface area contributed by atoms with Crippen molar-refractivity contribution < 1.29 is 62.9 Å². The Kier molecular flexibility index (Phi) is 11.5. The summed E-state index contributed by atoms with van der Waals surface area (Å²) < 4.78 is 41.9. The Morgan fingerprint density at radius 1 is 1.13 bits per heavy atom. The van der Waals surface area contributed by atoms with Crippen LogP contribution in [0.3, 0.4) is 0 Å². The van der Waals surface area contributed by atoms with Gasteiger partial charge in [0.05, 0.1) is 47.0 Å². The molecule has 0 spiro atoms. The summed E-state index contributed by atoms with van der Waals surface area (Å²) in [5.41, 5.74) is 3.86. The van der Waals surface area contributed by atoms with Crippen LogP contribution in [-0.2, 0) is 28.5 Å². The normalized spacial score (nSPS) is 29.0. The van der Waals surface area contributed by atoms with Crippen LogP contribution in [0.25, 0.3) is 0 Å². The summed E-state index contributed by atoms with van der Waals surface area (Å²) in [4.78, 5) is 41.6. The third-order valence-electron chi connectivity index (χ3n) is 10.5. The highest BCUT2D eigenvalue weighted by Gasteiger charge is 2.55. The highest BCUT2D eigenvalue weighted by molar-refractivity contribution is 6.32. The number of phenols is 1. The number of anilines is 1. The van der Waals surface area contributed by atoms with Gasteiger partial charge in [-0.05, 0) is 69.8 Å². The third kappa shape index (κ3) is 7.94. The fraction of sp³-hybridized carbons (Fsp3) is 0.372. The van der Waals surface area contributed by atoms with Gasteiger partial charge in [-0.2, -0.15) is 0 Å². The first kappa shape index (κ1) is 42.3. The second kappa shape index (κ2) is 16.3. The Bertz CT molecular complexity index is 2360. The van der Waals surface area contributed by atoms with E-state index in [9.17, 15) is 29.7 Å². The summed E-state index contributed by atoms with van der Waals surface area (Å²) in [7, 11) is 4.87. The molecule has 1 saturated heterocycles. The lowest BCUT2D eigenvalue weighted by molar-refractivity contribution is -0.329. The minimum atomic E-state index is -1.80. The number of aliphatic hydroxyl groups excluding tert-OH is 2. The molecule has 0 aromatic heterocycles. The van der Waals surface area contributed by atoms with Crippen LogP contribution in [0.4, 0.5) is 5.69 Å². The molecule has 16 nitrogen and oxygen atoms in total. The molecule has 2 aromatic carbocycles. The molecule has 5 unspecified atom stereocenters. The van der Waals surface area contributed by atoms with Gasteiger partial charge in [-0.1, -0.05) is 42.0 Å². The Morgan fingerprint density at radius 2 is 1.90 bits per heavy atom. The predicted octanol–water partition coefficient (Wildman–Crippen LogP) is 2.80. The molecule has 1 fully saturated rings. The van der Waals surface area contributed by atoms with Crippen LogP contribution in [0.2, 0.25) is 5.02 Å². The van der Waals surface area contributed by atoms with Gasteiger partial charge < -0.3 is 64.4 Å². The number of likely N-dealkylation sites (N-methyl/N-ethyl adjacent to an activating group) is 1. The number of phenolic OH excluding ortho intramolecular Hbond substituents is 1. The average Bonchev–Trinajstić information content (AvgIpc) is 3.60. The van der Waals surface area contributed by atoms with E-state index >= 15 is 0 Å². The molecule has 6 N–H and O–H groups in total. The van der Waals surface area contributed by atoms with Crippen molar-refractivity contribution in [1.29, 1.82) is 0 Å². The van der Waals surface area contributed by atoms with Crippen LogP contribution in [0.15, 0.2) is 72.1 Å². The number of nitrogens with two attached hydrogens (primary N) is 1. The summed E-state index contributed by atoms with van der Waals surface area (Å²) >= 11 is 6.70. The number of ether oxygens (including phenoxy) is 7. The third-order valence-corrected chi connectivity index (χ3v) is 10.8. The van der Waals surface area contributed by atoms with Gasteiger partial charge in [-0.3, -0.25) is 9.59 Å². The van der Waals surface area contributed by atoms with Crippen molar-refractivity contribution >= 4 is 35.1 Å². The van der Waals surface area contributed by atoms with E-state index in [0.717, 1.165) is 0 Å². The second-order valence-electron chi connectivity index (χ2n) is 15.2. The van der Waals surface area contributed by atoms with E-state index in [4.69, 9.17) is 50.5 Å². The largest absolute Gasteiger partial charge is 0.504 e. The first-order valence-electron chi connectivity index (χ1n) is 18.6. The SMILES string of the molecule is C=C1Oc2cc(OC)cc(C(=O)O[C@H]3COC(=O)C[C@H](N)c4cc(O)c(c(Cl)c4)OC4C#CC=C3C#CC3=CC=C[C@@]34OC3OC(C)(C)C(N(C)C)C(O)C3O)c2NC1=O. The van der Waals surface area contributed by atoms with Crippen LogP contribution in [0.5, 0.6) is 23.0 Å². The van der Waals surface area contributed by atoms with Crippen LogP contribution in [0, 0.1) is 23.7 Å². The van der Waals surface area contributed by atoms with Crippen molar-refractivity contribution in [1.82, 2.24) is 4.90 Å². The lowest BCUT2D eigenvalue weighted by Gasteiger charge is -2.51. The van der Waals surface area contributed by atoms with Crippen molar-refractivity contribution in [3.05, 3.63) is 88.2 Å². The van der Waals surface area contributed by atoms with Crippen molar-refractivity contribution in [3.63, 3.8) is 0 Å². The standard InChI is InChI=1S/C43H42ClN3O13/c1-21-39(52)46-34-26(17-25(54-6)18-30(34)56-21)40(53)57-31-20-55-33(49)19-28(45)23-15-27(44)37(29(48)16-23)58-32-11-7-9-22(31)12-13-24-10-8-14-43(24,32)60-41-36(51)35(50)38(47(4)5)42(2,3)59-41/h8-10,14-18,28,31-32,35-36,38,41,48,50-51H,1,19-20,45H2,2-6H3,(H,46,52)/t28-,31-,32?,35?,36?,38?,41?,43+/m0/s1. The van der Waals surface area contributed by atoms with Crippen molar-refractivity contribution in [2.24, 2.45) is 5.73 Å². The molecule has 314 valence electrons. The fourth-order valence-corrected chi connectivity index (χ4v) is 7.88. The minimum absolute atomic E-state index is 0.0160. The second-order valence-corrected chi connectivity index (χ2v) is 15.6. The molecule has 2 aliphatic carbocycles. The number of hydrogen-bond acceptors (Lipinski definition) is 15. The number of nitrogens with zero attached hydrogens (tertiary/aromatic N) is 1. The summed E-state index contributed by atoms with van der Waals surface area (Å²) in [5, 5.41) is 36.6. The van der Waals surface area contributed by atoms with Crippen molar-refractivity contribution in [3.8, 4) is 46.7 Å². The molecule has 6 aliphatic rings. The number of benzene rings is 2. The number of nitrogens with one attached hydrogen (secondary N) is 1. The molecule has 0 radical (unpaired) electrons. The maximum atomic E-state index is 14.1. The van der Waals surface area contributed by atoms with Crippen LogP contribution >= 0.6 is 11.6 Å². The van der Waals surface area contributed by atoms with E-state index in [2.05, 4.69) is 35.6 Å². The van der Waals surface area contributed by atoms with E-state index in [0.29, 0.717) is 0 Å². The monoisotopic (exact) mass is 843 g/mol. The molecule has 17 heteroatoms. The maximum absolute atomic E-state index is 14.1. The lowest BCUT2D eigenvalue weighted by atomic mass is 9.85. The molecule has 60 heavy (non-hydrogen) atoms. The molecule has 0 saturated carbocycles. The van der Waals surface area contributed by atoms with Gasteiger partial charge in [0.1, 0.15) is 24.6 Å². The van der Waals surface area contributed by atoms with Gasteiger partial charge in [-0.25, -0.2) is 4.79 Å². The number of amides is 1. The van der Waals surface area contributed by atoms with Crippen LogP contribution in [0.1, 0.15) is 42.2 Å². The Hall–Kier alpha value is -5.82. The number of halogens is 1.